The third-order valence-electron chi connectivity index (χ3n) is 8.63. The lowest BCUT2D eigenvalue weighted by molar-refractivity contribution is -0.148. The lowest BCUT2D eigenvalue weighted by atomic mass is 9.77. The quantitative estimate of drug-likeness (QED) is 0.348. The number of amides is 3. The van der Waals surface area contributed by atoms with E-state index in [1.54, 1.807) is 9.80 Å². The fourth-order valence-corrected chi connectivity index (χ4v) is 6.72. The number of aliphatic hydroxyl groups is 1. The Morgan fingerprint density at radius 1 is 0.897 bits per heavy atom. The van der Waals surface area contributed by atoms with Crippen LogP contribution in [0.2, 0.25) is 0 Å². The fourth-order valence-electron chi connectivity index (χ4n) is 6.72. The maximum absolute atomic E-state index is 14.2. The van der Waals surface area contributed by atoms with E-state index < -0.39 is 29.6 Å². The molecule has 39 heavy (non-hydrogen) atoms. The van der Waals surface area contributed by atoms with Crippen molar-refractivity contribution < 1.29 is 24.2 Å². The lowest BCUT2D eigenvalue weighted by Crippen LogP contribution is -2.55. The van der Waals surface area contributed by atoms with Crippen molar-refractivity contribution in [3.8, 4) is 0 Å². The van der Waals surface area contributed by atoms with Gasteiger partial charge in [-0.05, 0) is 24.8 Å². The van der Waals surface area contributed by atoms with Gasteiger partial charge in [0, 0.05) is 39.3 Å². The molecule has 1 spiro atoms. The molecular formula is C31H41N3O5. The molecule has 0 aromatic heterocycles. The van der Waals surface area contributed by atoms with E-state index in [1.807, 2.05) is 59.5 Å². The summed E-state index contributed by atoms with van der Waals surface area (Å²) in [4.78, 5) is 47.8. The largest absolute Gasteiger partial charge is 0.396 e. The smallest absolute Gasteiger partial charge is 0.249 e. The van der Waals surface area contributed by atoms with Gasteiger partial charge in [-0.1, -0.05) is 80.8 Å². The molecule has 0 aliphatic carbocycles. The number of aliphatic hydroxyl groups excluding tert-OH is 1. The van der Waals surface area contributed by atoms with Crippen LogP contribution in [0.1, 0.15) is 51.0 Å². The highest BCUT2D eigenvalue weighted by Crippen LogP contribution is 2.53. The predicted molar refractivity (Wildman–Crippen MR) is 147 cm³/mol. The van der Waals surface area contributed by atoms with Crippen molar-refractivity contribution >= 4 is 17.7 Å². The van der Waals surface area contributed by atoms with Crippen molar-refractivity contribution in [3.63, 3.8) is 0 Å². The molecule has 4 aliphatic rings. The minimum absolute atomic E-state index is 0.0892. The second kappa shape index (κ2) is 12.0. The Morgan fingerprint density at radius 2 is 1.67 bits per heavy atom. The van der Waals surface area contributed by atoms with Crippen molar-refractivity contribution in [1.29, 1.82) is 0 Å². The molecule has 8 nitrogen and oxygen atoms in total. The molecular weight excluding hydrogens is 494 g/mol. The molecule has 1 N–H and O–H groups in total. The van der Waals surface area contributed by atoms with Gasteiger partial charge in [0.2, 0.25) is 17.7 Å². The zero-order chi connectivity index (χ0) is 27.4. The molecule has 210 valence electrons. The standard InChI is InChI=1S/C31H41N3O5/c1-2-3-17-32-19-12-16-31-26(29(37)34(27(31)30(32)38)20-9-4-5-10-21-35)25-24(39-31)15-11-18-33(28(25)36)22-23-13-7-6-8-14-23/h6-8,11-16,24-27,35H,2-5,9-10,17-22H2,1H3/t24-,25+,26-,27?,31-/m0/s1. The molecule has 0 saturated carbocycles. The number of fused-ring (bicyclic) bond motifs is 2. The topological polar surface area (TPSA) is 90.4 Å². The molecule has 2 fully saturated rings. The third-order valence-corrected chi connectivity index (χ3v) is 8.63. The van der Waals surface area contributed by atoms with Gasteiger partial charge in [0.05, 0.1) is 17.9 Å². The summed E-state index contributed by atoms with van der Waals surface area (Å²) in [5.74, 6) is -1.77. The van der Waals surface area contributed by atoms with Crippen LogP contribution < -0.4 is 0 Å². The molecule has 3 amide bonds. The average Bonchev–Trinajstić information content (AvgIpc) is 3.26. The highest BCUT2D eigenvalue weighted by molar-refractivity contribution is 5.99. The van der Waals surface area contributed by atoms with Gasteiger partial charge in [-0.15, -0.1) is 0 Å². The highest BCUT2D eigenvalue weighted by Gasteiger charge is 2.71. The fraction of sp³-hybridized carbons (Fsp3) is 0.581. The third kappa shape index (κ3) is 5.16. The van der Waals surface area contributed by atoms with E-state index in [0.717, 1.165) is 44.1 Å². The van der Waals surface area contributed by atoms with Crippen LogP contribution >= 0.6 is 0 Å². The van der Waals surface area contributed by atoms with Gasteiger partial charge in [0.15, 0.2) is 0 Å². The second-order valence-corrected chi connectivity index (χ2v) is 11.2. The molecule has 8 heteroatoms. The summed E-state index contributed by atoms with van der Waals surface area (Å²) >= 11 is 0. The van der Waals surface area contributed by atoms with Crippen LogP contribution in [0.5, 0.6) is 0 Å². The van der Waals surface area contributed by atoms with Crippen molar-refractivity contribution in [1.82, 2.24) is 14.7 Å². The van der Waals surface area contributed by atoms with Crippen LogP contribution in [0.3, 0.4) is 0 Å². The summed E-state index contributed by atoms with van der Waals surface area (Å²) < 4.78 is 6.71. The number of carbonyl (C=O) groups excluding carboxylic acids is 3. The van der Waals surface area contributed by atoms with Gasteiger partial charge in [-0.3, -0.25) is 14.4 Å². The number of ether oxygens (including phenoxy) is 1. The van der Waals surface area contributed by atoms with Gasteiger partial charge in [-0.25, -0.2) is 0 Å². The summed E-state index contributed by atoms with van der Waals surface area (Å²) in [6, 6.07) is 9.09. The molecule has 1 aromatic rings. The maximum atomic E-state index is 14.2. The highest BCUT2D eigenvalue weighted by atomic mass is 16.5. The summed E-state index contributed by atoms with van der Waals surface area (Å²) in [6.07, 6.45) is 12.2. The van der Waals surface area contributed by atoms with Crippen LogP contribution in [0.15, 0.2) is 54.6 Å². The van der Waals surface area contributed by atoms with E-state index in [2.05, 4.69) is 6.92 Å². The van der Waals surface area contributed by atoms with Gasteiger partial charge in [0.25, 0.3) is 0 Å². The molecule has 1 unspecified atom stereocenters. The molecule has 5 atom stereocenters. The van der Waals surface area contributed by atoms with Gasteiger partial charge in [0.1, 0.15) is 11.6 Å². The monoisotopic (exact) mass is 535 g/mol. The van der Waals surface area contributed by atoms with Crippen molar-refractivity contribution in [2.45, 2.75) is 69.7 Å². The van der Waals surface area contributed by atoms with E-state index in [9.17, 15) is 14.4 Å². The summed E-state index contributed by atoms with van der Waals surface area (Å²) in [7, 11) is 0. The van der Waals surface area contributed by atoms with Crippen LogP contribution in [0.25, 0.3) is 0 Å². The first-order chi connectivity index (χ1) is 19.0. The number of hydrogen-bond acceptors (Lipinski definition) is 5. The Bertz CT molecular complexity index is 1100. The number of hydrogen-bond donors (Lipinski definition) is 1. The van der Waals surface area contributed by atoms with Gasteiger partial charge < -0.3 is 24.5 Å². The Labute approximate surface area is 231 Å². The molecule has 2 saturated heterocycles. The zero-order valence-corrected chi connectivity index (χ0v) is 22.9. The van der Waals surface area contributed by atoms with Crippen LogP contribution in [-0.2, 0) is 25.7 Å². The van der Waals surface area contributed by atoms with Crippen molar-refractivity contribution in [2.24, 2.45) is 11.8 Å². The van der Waals surface area contributed by atoms with E-state index in [-0.39, 0.29) is 24.3 Å². The Morgan fingerprint density at radius 3 is 2.44 bits per heavy atom. The number of likely N-dealkylation sites (tertiary alicyclic amines) is 1. The molecule has 1 aromatic carbocycles. The zero-order valence-electron chi connectivity index (χ0n) is 22.9. The molecule has 5 rings (SSSR count). The molecule has 4 heterocycles. The first kappa shape index (κ1) is 27.6. The van der Waals surface area contributed by atoms with E-state index in [1.165, 1.54) is 0 Å². The Hall–Kier alpha value is -2.97. The number of nitrogens with zero attached hydrogens (tertiary/aromatic N) is 3. The van der Waals surface area contributed by atoms with Gasteiger partial charge >= 0.3 is 0 Å². The van der Waals surface area contributed by atoms with E-state index >= 15 is 0 Å². The number of rotatable bonds is 11. The van der Waals surface area contributed by atoms with Crippen LogP contribution in [0, 0.1) is 11.8 Å². The number of benzene rings is 1. The lowest BCUT2D eigenvalue weighted by Gasteiger charge is -2.35. The molecule has 4 aliphatic heterocycles. The normalized spacial score (nSPS) is 29.9. The summed E-state index contributed by atoms with van der Waals surface area (Å²) in [5, 5.41) is 9.14. The maximum Gasteiger partial charge on any atom is 0.249 e. The summed E-state index contributed by atoms with van der Waals surface area (Å²) in [5.41, 5.74) is -0.131. The molecule has 0 bridgehead atoms. The van der Waals surface area contributed by atoms with Crippen molar-refractivity contribution in [2.75, 3.05) is 32.8 Å². The SMILES string of the molecule is CCCCN1CC=C[C@]23O[C@H]4C=CCN(Cc5ccccc5)C(=O)[C@H]4[C@H]2C(=O)N(CCCCCCO)C3C1=O. The van der Waals surface area contributed by atoms with E-state index in [4.69, 9.17) is 9.84 Å². The first-order valence-corrected chi connectivity index (χ1v) is 14.6. The average molecular weight is 536 g/mol. The first-order valence-electron chi connectivity index (χ1n) is 14.6. The Kier molecular flexibility index (Phi) is 8.52. The molecule has 0 radical (unpaired) electrons. The minimum Gasteiger partial charge on any atom is -0.396 e. The summed E-state index contributed by atoms with van der Waals surface area (Å²) in [6.45, 7) is 4.70. The van der Waals surface area contributed by atoms with Gasteiger partial charge in [-0.2, -0.15) is 0 Å². The van der Waals surface area contributed by atoms with Crippen LogP contribution in [0.4, 0.5) is 0 Å². The second-order valence-electron chi connectivity index (χ2n) is 11.2. The van der Waals surface area contributed by atoms with Crippen molar-refractivity contribution in [3.05, 3.63) is 60.2 Å². The predicted octanol–water partition coefficient (Wildman–Crippen LogP) is 2.92. The number of unbranched alkanes of at least 4 members (excludes halogenated alkanes) is 4. The number of carbonyl (C=O) groups is 3. The minimum atomic E-state index is -1.16. The van der Waals surface area contributed by atoms with Crippen LogP contribution in [-0.4, -0.2) is 88.1 Å². The van der Waals surface area contributed by atoms with E-state index in [0.29, 0.717) is 32.7 Å². The Balaban J connectivity index is 1.47.